The minimum atomic E-state index is -0.0341. The topological polar surface area (TPSA) is 44.4 Å². The van der Waals surface area contributed by atoms with E-state index in [1.807, 2.05) is 6.07 Å². The second-order valence-electron chi connectivity index (χ2n) is 6.46. The van der Waals surface area contributed by atoms with Gasteiger partial charge in [-0.3, -0.25) is 4.79 Å². The predicted octanol–water partition coefficient (Wildman–Crippen LogP) is 2.48. The smallest absolute Gasteiger partial charge is 0.256 e. The summed E-state index contributed by atoms with van der Waals surface area (Å²) >= 11 is 6.42. The van der Waals surface area contributed by atoms with Crippen molar-refractivity contribution in [2.24, 2.45) is 0 Å². The summed E-state index contributed by atoms with van der Waals surface area (Å²) < 4.78 is 0. The number of fused-ring (bicyclic) bond motifs is 3. The fraction of sp³-hybridized carbons (Fsp3) is 0.562. The summed E-state index contributed by atoms with van der Waals surface area (Å²) in [4.78, 5) is 14.7. The number of rotatable bonds is 1. The molecule has 0 unspecified atom stereocenters. The molecule has 5 heteroatoms. The molecule has 3 aliphatic rings. The van der Waals surface area contributed by atoms with Crippen molar-refractivity contribution in [1.29, 1.82) is 0 Å². The summed E-state index contributed by atoms with van der Waals surface area (Å²) in [6.45, 7) is 4.00. The van der Waals surface area contributed by atoms with Gasteiger partial charge in [0.05, 0.1) is 16.3 Å². The molecule has 0 bridgehead atoms. The summed E-state index contributed by atoms with van der Waals surface area (Å²) in [6.07, 6.45) is 3.47. The van der Waals surface area contributed by atoms with Gasteiger partial charge in [-0.05, 0) is 56.3 Å². The summed E-state index contributed by atoms with van der Waals surface area (Å²) in [7, 11) is 0. The number of halogens is 1. The highest BCUT2D eigenvalue weighted by molar-refractivity contribution is 6.35. The Balaban J connectivity index is 1.82. The van der Waals surface area contributed by atoms with Crippen LogP contribution >= 0.6 is 11.6 Å². The Morgan fingerprint density at radius 1 is 1.29 bits per heavy atom. The lowest BCUT2D eigenvalue weighted by Gasteiger charge is -2.39. The van der Waals surface area contributed by atoms with Crippen LogP contribution in [0.5, 0.6) is 0 Å². The SMILES string of the molecule is C[C@@H]1CN2c3cc(C4CC4)cc(Cl)c3C(=O)N[C@H]2CCN1. The van der Waals surface area contributed by atoms with E-state index in [0.29, 0.717) is 22.5 Å². The van der Waals surface area contributed by atoms with E-state index in [-0.39, 0.29) is 12.1 Å². The molecule has 1 aliphatic carbocycles. The van der Waals surface area contributed by atoms with E-state index in [1.165, 1.54) is 18.4 Å². The molecule has 2 fully saturated rings. The van der Waals surface area contributed by atoms with Crippen LogP contribution in [0.2, 0.25) is 5.02 Å². The molecule has 21 heavy (non-hydrogen) atoms. The third-order valence-corrected chi connectivity index (χ3v) is 5.03. The van der Waals surface area contributed by atoms with Gasteiger partial charge < -0.3 is 15.5 Å². The number of carbonyl (C=O) groups is 1. The van der Waals surface area contributed by atoms with Crippen molar-refractivity contribution in [3.63, 3.8) is 0 Å². The number of anilines is 1. The Labute approximate surface area is 129 Å². The summed E-state index contributed by atoms with van der Waals surface area (Å²) in [6, 6.07) is 4.58. The van der Waals surface area contributed by atoms with Gasteiger partial charge in [-0.15, -0.1) is 0 Å². The van der Waals surface area contributed by atoms with Crippen LogP contribution in [-0.2, 0) is 0 Å². The number of nitrogens with one attached hydrogen (secondary N) is 2. The van der Waals surface area contributed by atoms with Gasteiger partial charge in [0.25, 0.3) is 5.91 Å². The number of carbonyl (C=O) groups excluding carboxylic acids is 1. The molecule has 1 saturated carbocycles. The van der Waals surface area contributed by atoms with Crippen LogP contribution in [0.25, 0.3) is 0 Å². The zero-order chi connectivity index (χ0) is 14.6. The molecule has 0 radical (unpaired) electrons. The van der Waals surface area contributed by atoms with Gasteiger partial charge in [0.1, 0.15) is 6.17 Å². The molecular formula is C16H20ClN3O. The predicted molar refractivity (Wildman–Crippen MR) is 84.1 cm³/mol. The monoisotopic (exact) mass is 305 g/mol. The maximum atomic E-state index is 12.4. The highest BCUT2D eigenvalue weighted by Gasteiger charge is 2.36. The average molecular weight is 306 g/mol. The lowest BCUT2D eigenvalue weighted by Crippen LogP contribution is -2.54. The molecule has 0 spiro atoms. The van der Waals surface area contributed by atoms with Gasteiger partial charge in [-0.2, -0.15) is 0 Å². The van der Waals surface area contributed by atoms with E-state index >= 15 is 0 Å². The minimum absolute atomic E-state index is 0.0341. The third kappa shape index (κ3) is 2.30. The Kier molecular flexibility index (Phi) is 3.12. The van der Waals surface area contributed by atoms with Crippen molar-refractivity contribution in [1.82, 2.24) is 10.6 Å². The number of benzene rings is 1. The van der Waals surface area contributed by atoms with E-state index in [4.69, 9.17) is 11.6 Å². The highest BCUT2D eigenvalue weighted by atomic mass is 35.5. The molecule has 2 N–H and O–H groups in total. The molecule has 1 aromatic rings. The highest BCUT2D eigenvalue weighted by Crippen LogP contribution is 2.44. The largest absolute Gasteiger partial charge is 0.349 e. The van der Waals surface area contributed by atoms with Crippen molar-refractivity contribution in [2.45, 2.75) is 44.3 Å². The van der Waals surface area contributed by atoms with Crippen molar-refractivity contribution in [2.75, 3.05) is 18.0 Å². The van der Waals surface area contributed by atoms with Crippen molar-refractivity contribution >= 4 is 23.2 Å². The molecule has 0 aromatic heterocycles. The molecule has 1 amide bonds. The summed E-state index contributed by atoms with van der Waals surface area (Å²) in [5.74, 6) is 0.604. The molecule has 2 atom stereocenters. The Bertz CT molecular complexity index is 599. The minimum Gasteiger partial charge on any atom is -0.349 e. The number of hydrogen-bond donors (Lipinski definition) is 2. The van der Waals surface area contributed by atoms with Gasteiger partial charge in [0.15, 0.2) is 0 Å². The van der Waals surface area contributed by atoms with Crippen molar-refractivity contribution < 1.29 is 4.79 Å². The van der Waals surface area contributed by atoms with E-state index < -0.39 is 0 Å². The van der Waals surface area contributed by atoms with Gasteiger partial charge in [0, 0.05) is 12.6 Å². The van der Waals surface area contributed by atoms with Crippen LogP contribution in [0.3, 0.4) is 0 Å². The number of amides is 1. The zero-order valence-electron chi connectivity index (χ0n) is 12.2. The lowest BCUT2D eigenvalue weighted by molar-refractivity contribution is 0.0926. The molecular weight excluding hydrogens is 286 g/mol. The van der Waals surface area contributed by atoms with Crippen LogP contribution < -0.4 is 15.5 Å². The quantitative estimate of drug-likeness (QED) is 0.838. The molecule has 4 nitrogen and oxygen atoms in total. The molecule has 1 saturated heterocycles. The average Bonchev–Trinajstić information content (AvgIpc) is 3.25. The van der Waals surface area contributed by atoms with Crippen LogP contribution in [0.15, 0.2) is 12.1 Å². The summed E-state index contributed by atoms with van der Waals surface area (Å²) in [5.41, 5.74) is 2.96. The molecule has 1 aromatic carbocycles. The van der Waals surface area contributed by atoms with Crippen LogP contribution in [0.1, 0.15) is 48.0 Å². The first-order chi connectivity index (χ1) is 10.1. The fourth-order valence-electron chi connectivity index (χ4n) is 3.47. The van der Waals surface area contributed by atoms with E-state index in [0.717, 1.165) is 25.2 Å². The van der Waals surface area contributed by atoms with Crippen LogP contribution in [0, 0.1) is 0 Å². The van der Waals surface area contributed by atoms with Crippen molar-refractivity contribution in [3.05, 3.63) is 28.3 Å². The van der Waals surface area contributed by atoms with Gasteiger partial charge in [-0.1, -0.05) is 11.6 Å². The molecule has 4 rings (SSSR count). The second-order valence-corrected chi connectivity index (χ2v) is 6.86. The molecule has 112 valence electrons. The fourth-order valence-corrected chi connectivity index (χ4v) is 3.77. The normalized spacial score (nSPS) is 28.5. The first-order valence-corrected chi connectivity index (χ1v) is 8.15. The Morgan fingerprint density at radius 3 is 2.86 bits per heavy atom. The zero-order valence-corrected chi connectivity index (χ0v) is 12.9. The first-order valence-electron chi connectivity index (χ1n) is 7.78. The Hall–Kier alpha value is -1.26. The summed E-state index contributed by atoms with van der Waals surface area (Å²) in [5, 5.41) is 7.18. The standard InChI is InChI=1S/C16H20ClN3O/c1-9-8-20-13-7-11(10-2-3-10)6-12(17)15(13)16(21)19-14(20)4-5-18-9/h6-7,9-10,14,18H,2-5,8H2,1H3,(H,19,21)/t9-,14-/m1/s1. The maximum absolute atomic E-state index is 12.4. The molecule has 2 aliphatic heterocycles. The van der Waals surface area contributed by atoms with Crippen LogP contribution in [0.4, 0.5) is 5.69 Å². The third-order valence-electron chi connectivity index (χ3n) is 4.73. The Morgan fingerprint density at radius 2 is 2.10 bits per heavy atom. The maximum Gasteiger partial charge on any atom is 0.256 e. The number of hydrogen-bond acceptors (Lipinski definition) is 3. The van der Waals surface area contributed by atoms with Crippen LogP contribution in [-0.4, -0.2) is 31.2 Å². The molecule has 2 heterocycles. The van der Waals surface area contributed by atoms with Crippen molar-refractivity contribution in [3.8, 4) is 0 Å². The van der Waals surface area contributed by atoms with Gasteiger partial charge in [-0.25, -0.2) is 0 Å². The van der Waals surface area contributed by atoms with Gasteiger partial charge in [0.2, 0.25) is 0 Å². The van der Waals surface area contributed by atoms with E-state index in [1.54, 1.807) is 0 Å². The second kappa shape index (κ2) is 4.89. The number of nitrogens with zero attached hydrogens (tertiary/aromatic N) is 1. The van der Waals surface area contributed by atoms with Gasteiger partial charge >= 0.3 is 0 Å². The lowest BCUT2D eigenvalue weighted by atomic mass is 10.0. The van der Waals surface area contributed by atoms with E-state index in [9.17, 15) is 4.79 Å². The van der Waals surface area contributed by atoms with E-state index in [2.05, 4.69) is 28.5 Å². The first kappa shape index (κ1) is 13.4.